The van der Waals surface area contributed by atoms with E-state index >= 15 is 0 Å². The van der Waals surface area contributed by atoms with Gasteiger partial charge in [0, 0.05) is 20.1 Å². The summed E-state index contributed by atoms with van der Waals surface area (Å²) < 4.78 is 6.42. The number of carbonyl (C=O) groups is 1. The SMILES string of the molecule is CC(C)C(Nc1cnn(C)c(=O)c1Cl)C(=O)N1CCOCC1. The van der Waals surface area contributed by atoms with Crippen LogP contribution in [0.2, 0.25) is 5.02 Å². The molecule has 0 bridgehead atoms. The van der Waals surface area contributed by atoms with E-state index < -0.39 is 11.6 Å². The molecule has 2 rings (SSSR count). The topological polar surface area (TPSA) is 76.5 Å². The van der Waals surface area contributed by atoms with E-state index in [1.54, 1.807) is 4.90 Å². The van der Waals surface area contributed by atoms with Crippen molar-refractivity contribution in [2.24, 2.45) is 13.0 Å². The van der Waals surface area contributed by atoms with Crippen molar-refractivity contribution in [1.29, 1.82) is 0 Å². The van der Waals surface area contributed by atoms with Crippen molar-refractivity contribution in [3.8, 4) is 0 Å². The highest BCUT2D eigenvalue weighted by Crippen LogP contribution is 2.20. The summed E-state index contributed by atoms with van der Waals surface area (Å²) in [6.45, 7) is 6.13. The Balaban J connectivity index is 2.20. The molecule has 1 aromatic rings. The van der Waals surface area contributed by atoms with Crippen molar-refractivity contribution in [2.45, 2.75) is 19.9 Å². The second kappa shape index (κ2) is 7.11. The molecular formula is C14H21ClN4O3. The van der Waals surface area contributed by atoms with Crippen LogP contribution in [0.25, 0.3) is 0 Å². The van der Waals surface area contributed by atoms with Crippen LogP contribution in [0.5, 0.6) is 0 Å². The van der Waals surface area contributed by atoms with Crippen LogP contribution in [-0.4, -0.2) is 52.9 Å². The van der Waals surface area contributed by atoms with Crippen LogP contribution < -0.4 is 10.9 Å². The number of rotatable bonds is 4. The quantitative estimate of drug-likeness (QED) is 0.881. The number of amides is 1. The van der Waals surface area contributed by atoms with E-state index in [9.17, 15) is 9.59 Å². The lowest BCUT2D eigenvalue weighted by atomic mass is 10.0. The van der Waals surface area contributed by atoms with Crippen LogP contribution in [0.3, 0.4) is 0 Å². The lowest BCUT2D eigenvalue weighted by molar-refractivity contribution is -0.137. The molecule has 122 valence electrons. The number of aryl methyl sites for hydroxylation is 1. The molecule has 2 heterocycles. The first kappa shape index (κ1) is 16.8. The molecule has 22 heavy (non-hydrogen) atoms. The molecule has 0 aliphatic carbocycles. The number of aromatic nitrogens is 2. The van der Waals surface area contributed by atoms with E-state index in [0.29, 0.717) is 32.0 Å². The molecule has 1 atom stereocenters. The third-order valence-electron chi connectivity index (χ3n) is 3.64. The normalized spacial score (nSPS) is 16.7. The molecule has 1 N–H and O–H groups in total. The zero-order chi connectivity index (χ0) is 16.3. The minimum Gasteiger partial charge on any atom is -0.378 e. The number of carbonyl (C=O) groups excluding carboxylic acids is 1. The second-order valence-electron chi connectivity index (χ2n) is 5.60. The van der Waals surface area contributed by atoms with Gasteiger partial charge in [-0.3, -0.25) is 9.59 Å². The zero-order valence-corrected chi connectivity index (χ0v) is 13.8. The minimum absolute atomic E-state index is 0.0185. The molecule has 8 heteroatoms. The first-order valence-corrected chi connectivity index (χ1v) is 7.64. The standard InChI is InChI=1S/C14H21ClN4O3/c1-9(2)12(14(21)19-4-6-22-7-5-19)17-10-8-16-18(3)13(20)11(10)15/h8-9,12,17H,4-7H2,1-3H3. The highest BCUT2D eigenvalue weighted by molar-refractivity contribution is 6.33. The zero-order valence-electron chi connectivity index (χ0n) is 13.0. The van der Waals surface area contributed by atoms with Gasteiger partial charge in [0.2, 0.25) is 5.91 Å². The number of ether oxygens (including phenoxy) is 1. The molecule has 1 saturated heterocycles. The largest absolute Gasteiger partial charge is 0.378 e. The average molecular weight is 329 g/mol. The molecule has 0 radical (unpaired) electrons. The number of morpholine rings is 1. The smallest absolute Gasteiger partial charge is 0.287 e. The molecule has 0 saturated carbocycles. The summed E-state index contributed by atoms with van der Waals surface area (Å²) in [5.41, 5.74) is -0.0157. The van der Waals surface area contributed by atoms with Gasteiger partial charge in [0.25, 0.3) is 5.56 Å². The number of halogens is 1. The Kier molecular flexibility index (Phi) is 5.42. The van der Waals surface area contributed by atoms with Gasteiger partial charge in [-0.25, -0.2) is 4.68 Å². The van der Waals surface area contributed by atoms with Crippen LogP contribution in [0.1, 0.15) is 13.8 Å². The highest BCUT2D eigenvalue weighted by Gasteiger charge is 2.29. The van der Waals surface area contributed by atoms with Crippen LogP contribution in [0.4, 0.5) is 5.69 Å². The van der Waals surface area contributed by atoms with E-state index in [1.807, 2.05) is 13.8 Å². The Labute approximate surface area is 134 Å². The Morgan fingerprint density at radius 1 is 1.41 bits per heavy atom. The summed E-state index contributed by atoms with van der Waals surface area (Å²) >= 11 is 6.06. The second-order valence-corrected chi connectivity index (χ2v) is 5.98. The summed E-state index contributed by atoms with van der Waals surface area (Å²) in [4.78, 5) is 26.3. The van der Waals surface area contributed by atoms with Gasteiger partial charge < -0.3 is 15.0 Å². The fourth-order valence-corrected chi connectivity index (χ4v) is 2.50. The van der Waals surface area contributed by atoms with Gasteiger partial charge in [-0.05, 0) is 5.92 Å². The fraction of sp³-hybridized carbons (Fsp3) is 0.643. The third kappa shape index (κ3) is 3.59. The van der Waals surface area contributed by atoms with Crippen molar-refractivity contribution in [1.82, 2.24) is 14.7 Å². The summed E-state index contributed by atoms with van der Waals surface area (Å²) in [5.74, 6) is 0.0190. The fourth-order valence-electron chi connectivity index (χ4n) is 2.27. The maximum absolute atomic E-state index is 12.7. The maximum atomic E-state index is 12.7. The Hall–Kier alpha value is -1.60. The minimum atomic E-state index is -0.468. The summed E-state index contributed by atoms with van der Waals surface area (Å²) in [7, 11) is 1.52. The van der Waals surface area contributed by atoms with Gasteiger partial charge in [-0.2, -0.15) is 5.10 Å². The highest BCUT2D eigenvalue weighted by atomic mass is 35.5. The van der Waals surface area contributed by atoms with Crippen molar-refractivity contribution in [2.75, 3.05) is 31.6 Å². The molecule has 1 aromatic heterocycles. The molecule has 1 aliphatic heterocycles. The Morgan fingerprint density at radius 2 is 2.05 bits per heavy atom. The molecule has 7 nitrogen and oxygen atoms in total. The lowest BCUT2D eigenvalue weighted by Crippen LogP contribution is -2.50. The molecule has 1 aliphatic rings. The van der Waals surface area contributed by atoms with Crippen LogP contribution >= 0.6 is 11.6 Å². The molecule has 0 spiro atoms. The van der Waals surface area contributed by atoms with Crippen molar-refractivity contribution >= 4 is 23.2 Å². The Morgan fingerprint density at radius 3 is 2.64 bits per heavy atom. The predicted octanol–water partition coefficient (Wildman–Crippen LogP) is 0.729. The van der Waals surface area contributed by atoms with Gasteiger partial charge in [0.05, 0.1) is 25.1 Å². The number of nitrogens with zero attached hydrogens (tertiary/aromatic N) is 3. The molecular weight excluding hydrogens is 308 g/mol. The van der Waals surface area contributed by atoms with Crippen molar-refractivity contribution in [3.63, 3.8) is 0 Å². The number of anilines is 1. The van der Waals surface area contributed by atoms with Crippen molar-refractivity contribution in [3.05, 3.63) is 21.6 Å². The van der Waals surface area contributed by atoms with Gasteiger partial charge in [0.1, 0.15) is 11.1 Å². The van der Waals surface area contributed by atoms with E-state index in [4.69, 9.17) is 16.3 Å². The van der Waals surface area contributed by atoms with E-state index in [0.717, 1.165) is 4.68 Å². The van der Waals surface area contributed by atoms with Gasteiger partial charge >= 0.3 is 0 Å². The Bertz CT molecular complexity index is 596. The van der Waals surface area contributed by atoms with E-state index in [1.165, 1.54) is 13.2 Å². The van der Waals surface area contributed by atoms with Crippen molar-refractivity contribution < 1.29 is 9.53 Å². The van der Waals surface area contributed by atoms with E-state index in [2.05, 4.69) is 10.4 Å². The molecule has 1 amide bonds. The average Bonchev–Trinajstić information content (AvgIpc) is 2.52. The van der Waals surface area contributed by atoms with E-state index in [-0.39, 0.29) is 16.8 Å². The number of hydrogen-bond donors (Lipinski definition) is 1. The summed E-state index contributed by atoms with van der Waals surface area (Å²) in [6.07, 6.45) is 1.46. The monoisotopic (exact) mass is 328 g/mol. The predicted molar refractivity (Wildman–Crippen MR) is 84.1 cm³/mol. The summed E-state index contributed by atoms with van der Waals surface area (Å²) in [6, 6.07) is -0.468. The van der Waals surface area contributed by atoms with Crippen LogP contribution in [0.15, 0.2) is 11.0 Å². The first-order chi connectivity index (χ1) is 10.4. The first-order valence-electron chi connectivity index (χ1n) is 7.26. The maximum Gasteiger partial charge on any atom is 0.287 e. The third-order valence-corrected chi connectivity index (χ3v) is 4.01. The lowest BCUT2D eigenvalue weighted by Gasteiger charge is -2.32. The molecule has 0 aromatic carbocycles. The van der Waals surface area contributed by atoms with Gasteiger partial charge in [-0.1, -0.05) is 25.4 Å². The number of hydrogen-bond acceptors (Lipinski definition) is 5. The van der Waals surface area contributed by atoms with Gasteiger partial charge in [-0.15, -0.1) is 0 Å². The van der Waals surface area contributed by atoms with Crippen LogP contribution in [0, 0.1) is 5.92 Å². The molecule has 1 unspecified atom stereocenters. The summed E-state index contributed by atoms with van der Waals surface area (Å²) in [5, 5.41) is 7.05. The van der Waals surface area contributed by atoms with Gasteiger partial charge in [0.15, 0.2) is 0 Å². The van der Waals surface area contributed by atoms with Crippen LogP contribution in [-0.2, 0) is 16.6 Å². The molecule has 1 fully saturated rings. The number of nitrogens with one attached hydrogen (secondary N) is 1.